The van der Waals surface area contributed by atoms with Gasteiger partial charge in [0, 0.05) is 13.0 Å². The van der Waals surface area contributed by atoms with Gasteiger partial charge in [0.2, 0.25) is 0 Å². The molecule has 1 atom stereocenters. The molecule has 1 amide bonds. The quantitative estimate of drug-likeness (QED) is 0.667. The van der Waals surface area contributed by atoms with E-state index in [0.29, 0.717) is 13.0 Å². The molecule has 1 saturated carbocycles. The van der Waals surface area contributed by atoms with Crippen LogP contribution < -0.4 is 5.32 Å². The summed E-state index contributed by atoms with van der Waals surface area (Å²) >= 11 is 11.8. The third-order valence-corrected chi connectivity index (χ3v) is 4.88. The average molecular weight is 330 g/mol. The van der Waals surface area contributed by atoms with E-state index in [2.05, 4.69) is 5.32 Å². The minimum Gasteiger partial charge on any atom is -0.455 e. The molecule has 1 aromatic carbocycles. The number of ether oxygens (including phenoxy) is 1. The van der Waals surface area contributed by atoms with Gasteiger partial charge >= 0.3 is 5.97 Å². The fourth-order valence-electron chi connectivity index (χ4n) is 1.96. The van der Waals surface area contributed by atoms with Crippen LogP contribution in [-0.2, 0) is 20.9 Å². The summed E-state index contributed by atoms with van der Waals surface area (Å²) < 4.78 is 3.88. The highest BCUT2D eigenvalue weighted by atomic mass is 35.5. The molecule has 2 rings (SSSR count). The number of carbonyl (C=O) groups is 2. The summed E-state index contributed by atoms with van der Waals surface area (Å²) in [6.45, 7) is 3.66. The summed E-state index contributed by atoms with van der Waals surface area (Å²) in [4.78, 5) is 23.5. The lowest BCUT2D eigenvalue weighted by Gasteiger charge is -2.12. The maximum Gasteiger partial charge on any atom is 0.315 e. The number of rotatable bonds is 5. The normalized spacial score (nSPS) is 22.5. The topological polar surface area (TPSA) is 55.4 Å². The van der Waals surface area contributed by atoms with Crippen LogP contribution in [-0.4, -0.2) is 22.8 Å². The average Bonchev–Trinajstić information content (AvgIpc) is 2.95. The van der Waals surface area contributed by atoms with E-state index >= 15 is 0 Å². The molecule has 4 nitrogen and oxygen atoms in total. The van der Waals surface area contributed by atoms with E-state index in [1.54, 1.807) is 6.92 Å². The van der Waals surface area contributed by atoms with Crippen LogP contribution in [0.2, 0.25) is 0 Å². The van der Waals surface area contributed by atoms with Gasteiger partial charge in [-0.1, -0.05) is 24.3 Å². The Balaban J connectivity index is 1.76. The van der Waals surface area contributed by atoms with Gasteiger partial charge in [0.25, 0.3) is 5.91 Å². The predicted molar refractivity (Wildman–Crippen MR) is 81.1 cm³/mol. The lowest BCUT2D eigenvalue weighted by Crippen LogP contribution is -2.31. The first-order chi connectivity index (χ1) is 9.76. The van der Waals surface area contributed by atoms with E-state index in [4.69, 9.17) is 27.9 Å². The standard InChI is InChI=1S/C15H17Cl2NO3/c1-10-5-3-4-6-11(10)7-18-12(19)8-21-13(20)14(2)9-15(14,16)17/h3-6H,7-9H2,1-2H3,(H,18,19)/t14-/m0/s1. The van der Waals surface area contributed by atoms with Crippen molar-refractivity contribution >= 4 is 35.1 Å². The number of benzene rings is 1. The molecule has 1 aliphatic rings. The van der Waals surface area contributed by atoms with Crippen molar-refractivity contribution in [1.29, 1.82) is 0 Å². The van der Waals surface area contributed by atoms with Gasteiger partial charge in [-0.05, 0) is 25.0 Å². The molecule has 0 aliphatic heterocycles. The maximum atomic E-state index is 11.8. The molecule has 0 saturated heterocycles. The number of amides is 1. The van der Waals surface area contributed by atoms with Crippen LogP contribution in [0.3, 0.4) is 0 Å². The minimum absolute atomic E-state index is 0.329. The van der Waals surface area contributed by atoms with Gasteiger partial charge in [0.05, 0.1) is 0 Å². The molecule has 0 bridgehead atoms. The van der Waals surface area contributed by atoms with Crippen LogP contribution in [0, 0.1) is 12.3 Å². The summed E-state index contributed by atoms with van der Waals surface area (Å²) in [7, 11) is 0. The number of hydrogen-bond donors (Lipinski definition) is 1. The third-order valence-electron chi connectivity index (χ3n) is 3.78. The predicted octanol–water partition coefficient (Wildman–Crippen LogP) is 2.74. The van der Waals surface area contributed by atoms with Crippen LogP contribution in [0.4, 0.5) is 0 Å². The number of aryl methyl sites for hydroxylation is 1. The van der Waals surface area contributed by atoms with E-state index in [1.807, 2.05) is 31.2 Å². The van der Waals surface area contributed by atoms with E-state index in [9.17, 15) is 9.59 Å². The molecule has 6 heteroatoms. The lowest BCUT2D eigenvalue weighted by molar-refractivity contribution is -0.153. The van der Waals surface area contributed by atoms with Crippen LogP contribution in [0.5, 0.6) is 0 Å². The number of nitrogens with one attached hydrogen (secondary N) is 1. The van der Waals surface area contributed by atoms with Crippen molar-refractivity contribution in [3.8, 4) is 0 Å². The van der Waals surface area contributed by atoms with E-state index in [0.717, 1.165) is 11.1 Å². The molecule has 21 heavy (non-hydrogen) atoms. The molecule has 1 N–H and O–H groups in total. The van der Waals surface area contributed by atoms with Crippen LogP contribution in [0.15, 0.2) is 24.3 Å². The number of esters is 1. The number of hydrogen-bond acceptors (Lipinski definition) is 3. The summed E-state index contributed by atoms with van der Waals surface area (Å²) in [5.41, 5.74) is 1.20. The first kappa shape index (κ1) is 16.1. The molecule has 1 fully saturated rings. The molecule has 0 heterocycles. The van der Waals surface area contributed by atoms with Gasteiger partial charge in [0.15, 0.2) is 6.61 Å². The Morgan fingerprint density at radius 1 is 1.33 bits per heavy atom. The lowest BCUT2D eigenvalue weighted by atomic mass is 10.1. The Labute approximate surface area is 133 Å². The second kappa shape index (κ2) is 5.85. The molecule has 114 valence electrons. The Morgan fingerprint density at radius 2 is 1.95 bits per heavy atom. The van der Waals surface area contributed by atoms with Gasteiger partial charge in [-0.15, -0.1) is 23.2 Å². The monoisotopic (exact) mass is 329 g/mol. The number of alkyl halides is 2. The summed E-state index contributed by atoms with van der Waals surface area (Å²) in [5.74, 6) is -0.899. The largest absolute Gasteiger partial charge is 0.455 e. The molecular formula is C15H17Cl2NO3. The van der Waals surface area contributed by atoms with Crippen molar-refractivity contribution in [3.63, 3.8) is 0 Å². The first-order valence-corrected chi connectivity index (χ1v) is 7.38. The molecule has 0 radical (unpaired) electrons. The first-order valence-electron chi connectivity index (χ1n) is 6.62. The molecule has 1 aliphatic carbocycles. The SMILES string of the molecule is Cc1ccccc1CNC(=O)COC(=O)[C@]1(C)CC1(Cl)Cl. The summed E-state index contributed by atoms with van der Waals surface area (Å²) in [6.07, 6.45) is 0.340. The fourth-order valence-corrected chi connectivity index (χ4v) is 2.65. The van der Waals surface area contributed by atoms with Crippen molar-refractivity contribution in [3.05, 3.63) is 35.4 Å². The zero-order chi connectivity index (χ0) is 15.7. The maximum absolute atomic E-state index is 11.8. The molecule has 0 unspecified atom stereocenters. The molecule has 0 aromatic heterocycles. The van der Waals surface area contributed by atoms with Gasteiger partial charge in [-0.25, -0.2) is 0 Å². The Morgan fingerprint density at radius 3 is 2.52 bits per heavy atom. The third kappa shape index (κ3) is 3.50. The Bertz CT molecular complexity index is 574. The van der Waals surface area contributed by atoms with Crippen LogP contribution >= 0.6 is 23.2 Å². The smallest absolute Gasteiger partial charge is 0.315 e. The zero-order valence-corrected chi connectivity index (χ0v) is 13.4. The number of halogens is 2. The highest BCUT2D eigenvalue weighted by molar-refractivity contribution is 6.53. The van der Waals surface area contributed by atoms with Crippen molar-refractivity contribution in [2.45, 2.75) is 31.1 Å². The summed E-state index contributed by atoms with van der Waals surface area (Å²) in [6, 6.07) is 7.74. The van der Waals surface area contributed by atoms with Gasteiger partial charge in [-0.2, -0.15) is 0 Å². The van der Waals surface area contributed by atoms with Crippen LogP contribution in [0.25, 0.3) is 0 Å². The van der Waals surface area contributed by atoms with E-state index < -0.39 is 15.7 Å². The van der Waals surface area contributed by atoms with Crippen LogP contribution in [0.1, 0.15) is 24.5 Å². The highest BCUT2D eigenvalue weighted by Crippen LogP contribution is 2.64. The van der Waals surface area contributed by atoms with Crippen molar-refractivity contribution in [1.82, 2.24) is 5.32 Å². The zero-order valence-electron chi connectivity index (χ0n) is 11.9. The van der Waals surface area contributed by atoms with Gasteiger partial charge in [0.1, 0.15) is 9.75 Å². The highest BCUT2D eigenvalue weighted by Gasteiger charge is 2.69. The van der Waals surface area contributed by atoms with Gasteiger partial charge < -0.3 is 10.1 Å². The number of carbonyl (C=O) groups excluding carboxylic acids is 2. The molecular weight excluding hydrogens is 313 g/mol. The second-order valence-electron chi connectivity index (χ2n) is 5.49. The minimum atomic E-state index is -1.08. The van der Waals surface area contributed by atoms with Crippen molar-refractivity contribution in [2.24, 2.45) is 5.41 Å². The fraction of sp³-hybridized carbons (Fsp3) is 0.467. The molecule has 1 aromatic rings. The van der Waals surface area contributed by atoms with Crippen molar-refractivity contribution < 1.29 is 14.3 Å². The Hall–Kier alpha value is -1.26. The van der Waals surface area contributed by atoms with E-state index in [1.165, 1.54) is 0 Å². The second-order valence-corrected chi connectivity index (χ2v) is 6.98. The van der Waals surface area contributed by atoms with E-state index in [-0.39, 0.29) is 12.5 Å². The van der Waals surface area contributed by atoms with Gasteiger partial charge in [-0.3, -0.25) is 9.59 Å². The van der Waals surface area contributed by atoms with Crippen molar-refractivity contribution in [2.75, 3.05) is 6.61 Å². The Kier molecular flexibility index (Phi) is 4.49. The summed E-state index contributed by atoms with van der Waals surface area (Å²) in [5, 5.41) is 2.71. The molecule has 0 spiro atoms.